The zero-order valence-corrected chi connectivity index (χ0v) is 24.7. The number of para-hydroxylation sites is 1. The van der Waals surface area contributed by atoms with Crippen molar-refractivity contribution in [2.24, 2.45) is 0 Å². The Morgan fingerprint density at radius 2 is 1.47 bits per heavy atom. The Labute approximate surface area is 258 Å². The van der Waals surface area contributed by atoms with E-state index in [1.165, 1.54) is 13.8 Å². The Kier molecular flexibility index (Phi) is 12.4. The summed E-state index contributed by atoms with van der Waals surface area (Å²) in [6, 6.07) is 11.0. The summed E-state index contributed by atoms with van der Waals surface area (Å²) in [5, 5.41) is 31.4. The molecule has 0 spiro atoms. The molecule has 3 rings (SSSR count). The largest absolute Gasteiger partial charge is 0.480 e. The number of aromatic amines is 1. The molecule has 15 heteroatoms. The first-order valence-electron chi connectivity index (χ1n) is 14.0. The molecule has 1 heterocycles. The molecule has 5 amide bonds. The predicted octanol–water partition coefficient (Wildman–Crippen LogP) is -0.307. The van der Waals surface area contributed by atoms with Crippen LogP contribution in [0.25, 0.3) is 10.9 Å². The van der Waals surface area contributed by atoms with E-state index in [9.17, 15) is 33.9 Å². The number of hydrogen-bond acceptors (Lipinski definition) is 8. The highest BCUT2D eigenvalue weighted by Gasteiger charge is 2.29. The van der Waals surface area contributed by atoms with Crippen LogP contribution in [0.2, 0.25) is 0 Å². The van der Waals surface area contributed by atoms with Crippen LogP contribution in [0.4, 0.5) is 4.79 Å². The average molecular weight is 625 g/mol. The summed E-state index contributed by atoms with van der Waals surface area (Å²) < 4.78 is 5.10. The molecule has 0 saturated carbocycles. The molecule has 1 aromatic heterocycles. The van der Waals surface area contributed by atoms with Crippen LogP contribution in [0.15, 0.2) is 60.8 Å². The molecule has 0 aliphatic heterocycles. The Hall–Kier alpha value is -5.44. The van der Waals surface area contributed by atoms with Gasteiger partial charge in [0.05, 0.1) is 13.2 Å². The number of carboxylic acids is 1. The Balaban J connectivity index is 1.64. The number of rotatable bonds is 15. The smallest absolute Gasteiger partial charge is 0.408 e. The highest BCUT2D eigenvalue weighted by molar-refractivity contribution is 5.95. The molecule has 0 aliphatic rings. The molecule has 240 valence electrons. The SMILES string of the molecule is C[C@H](NC(=O)CNC(=O)[C@H](Cc1c[nH]c2ccccc12)NC(=O)[C@H](CO)NC(=O)[C@H](C)NC(=O)OCc1ccccc1)C(=O)O. The Bertz CT molecular complexity index is 1510. The number of alkyl carbamates (subject to hydrolysis) is 1. The van der Waals surface area contributed by atoms with Gasteiger partial charge >= 0.3 is 12.1 Å². The van der Waals surface area contributed by atoms with Crippen molar-refractivity contribution < 1.29 is 43.7 Å². The predicted molar refractivity (Wildman–Crippen MR) is 160 cm³/mol. The minimum Gasteiger partial charge on any atom is -0.480 e. The lowest BCUT2D eigenvalue weighted by atomic mass is 10.0. The molecule has 0 fully saturated rings. The van der Waals surface area contributed by atoms with Crippen LogP contribution in [-0.2, 0) is 41.7 Å². The first-order chi connectivity index (χ1) is 21.5. The second kappa shape index (κ2) is 16.4. The van der Waals surface area contributed by atoms with E-state index in [-0.39, 0.29) is 13.0 Å². The quantitative estimate of drug-likeness (QED) is 0.111. The van der Waals surface area contributed by atoms with Crippen LogP contribution in [0.1, 0.15) is 25.0 Å². The fourth-order valence-corrected chi connectivity index (χ4v) is 4.14. The Morgan fingerprint density at radius 3 is 2.16 bits per heavy atom. The maximum atomic E-state index is 13.1. The minimum absolute atomic E-state index is 0.0250. The van der Waals surface area contributed by atoms with Gasteiger partial charge in [-0.1, -0.05) is 48.5 Å². The van der Waals surface area contributed by atoms with E-state index in [4.69, 9.17) is 9.84 Å². The average Bonchev–Trinajstić information content (AvgIpc) is 3.43. The number of amides is 5. The zero-order valence-electron chi connectivity index (χ0n) is 24.7. The van der Waals surface area contributed by atoms with E-state index in [1.807, 2.05) is 24.3 Å². The molecule has 8 N–H and O–H groups in total. The van der Waals surface area contributed by atoms with Crippen molar-refractivity contribution in [2.75, 3.05) is 13.2 Å². The van der Waals surface area contributed by atoms with Crippen LogP contribution in [0, 0.1) is 0 Å². The van der Waals surface area contributed by atoms with Crippen LogP contribution in [-0.4, -0.2) is 88.2 Å². The van der Waals surface area contributed by atoms with Gasteiger partial charge in [-0.2, -0.15) is 0 Å². The third-order valence-corrected chi connectivity index (χ3v) is 6.66. The van der Waals surface area contributed by atoms with Crippen molar-refractivity contribution in [3.05, 3.63) is 71.9 Å². The number of nitrogens with one attached hydrogen (secondary N) is 6. The number of H-pyrrole nitrogens is 1. The number of carbonyl (C=O) groups excluding carboxylic acids is 5. The molecule has 3 aromatic rings. The maximum absolute atomic E-state index is 13.1. The van der Waals surface area contributed by atoms with Crippen molar-refractivity contribution >= 4 is 46.6 Å². The van der Waals surface area contributed by atoms with Crippen LogP contribution < -0.4 is 26.6 Å². The molecule has 15 nitrogen and oxygen atoms in total. The summed E-state index contributed by atoms with van der Waals surface area (Å²) in [6.45, 7) is 1.19. The van der Waals surface area contributed by atoms with E-state index < -0.39 is 73.0 Å². The molecule has 45 heavy (non-hydrogen) atoms. The summed E-state index contributed by atoms with van der Waals surface area (Å²) >= 11 is 0. The van der Waals surface area contributed by atoms with Crippen molar-refractivity contribution in [2.45, 2.75) is 51.0 Å². The number of fused-ring (bicyclic) bond motifs is 1. The molecule has 0 unspecified atom stereocenters. The lowest BCUT2D eigenvalue weighted by Crippen LogP contribution is -2.58. The monoisotopic (exact) mass is 624 g/mol. The fourth-order valence-electron chi connectivity index (χ4n) is 4.14. The molecule has 0 aliphatic carbocycles. The second-order valence-corrected chi connectivity index (χ2v) is 10.1. The van der Waals surface area contributed by atoms with Gasteiger partial charge in [-0.25, -0.2) is 4.79 Å². The van der Waals surface area contributed by atoms with Gasteiger partial charge in [0, 0.05) is 23.5 Å². The summed E-state index contributed by atoms with van der Waals surface area (Å²) in [5.41, 5.74) is 2.18. The number of carbonyl (C=O) groups is 6. The number of benzene rings is 2. The van der Waals surface area contributed by atoms with Crippen molar-refractivity contribution in [3.63, 3.8) is 0 Å². The van der Waals surface area contributed by atoms with Gasteiger partial charge in [0.1, 0.15) is 30.8 Å². The molecule has 2 aromatic carbocycles. The number of aliphatic carboxylic acids is 1. The third kappa shape index (κ3) is 10.4. The van der Waals surface area contributed by atoms with E-state index in [1.54, 1.807) is 36.5 Å². The van der Waals surface area contributed by atoms with Crippen LogP contribution in [0.5, 0.6) is 0 Å². The van der Waals surface area contributed by atoms with Crippen LogP contribution in [0.3, 0.4) is 0 Å². The number of aliphatic hydroxyl groups is 1. The molecule has 0 radical (unpaired) electrons. The molecule has 4 atom stereocenters. The van der Waals surface area contributed by atoms with Gasteiger partial charge in [0.25, 0.3) is 0 Å². The van der Waals surface area contributed by atoms with Gasteiger partial charge in [-0.3, -0.25) is 24.0 Å². The first-order valence-corrected chi connectivity index (χ1v) is 14.0. The normalized spacial score (nSPS) is 13.4. The highest BCUT2D eigenvalue weighted by atomic mass is 16.5. The van der Waals surface area contributed by atoms with Gasteiger partial charge < -0.3 is 46.5 Å². The summed E-state index contributed by atoms with van der Waals surface area (Å²) in [4.78, 5) is 77.4. The molecular formula is C30H36N6O9. The first kappa shape index (κ1) is 34.1. The molecular weight excluding hydrogens is 588 g/mol. The van der Waals surface area contributed by atoms with Gasteiger partial charge in [0.15, 0.2) is 0 Å². The number of hydrogen-bond donors (Lipinski definition) is 8. The van der Waals surface area contributed by atoms with Gasteiger partial charge in [-0.05, 0) is 31.0 Å². The summed E-state index contributed by atoms with van der Waals surface area (Å²) in [6.07, 6.45) is 0.753. The van der Waals surface area contributed by atoms with E-state index in [2.05, 4.69) is 31.6 Å². The standard InChI is InChI=1S/C30H36N6O9/c1-17(34-30(44)45-16-19-8-4-3-5-9-19)26(39)36-24(15-37)28(41)35-23(12-20-13-31-22-11-7-6-10-21(20)22)27(40)32-14-25(38)33-18(2)29(42)43/h3-11,13,17-18,23-24,31,37H,12,14-16H2,1-2H3,(H,32,40)(H,33,38)(H,34,44)(H,35,41)(H,36,39)(H,42,43)/t17-,18-,23-,24-/m0/s1. The van der Waals surface area contributed by atoms with E-state index in [0.717, 1.165) is 16.5 Å². The second-order valence-electron chi connectivity index (χ2n) is 10.1. The third-order valence-electron chi connectivity index (χ3n) is 6.66. The minimum atomic E-state index is -1.50. The maximum Gasteiger partial charge on any atom is 0.408 e. The van der Waals surface area contributed by atoms with Crippen molar-refractivity contribution in [1.29, 1.82) is 0 Å². The number of aromatic nitrogens is 1. The van der Waals surface area contributed by atoms with E-state index in [0.29, 0.717) is 5.56 Å². The topological polar surface area (TPSA) is 228 Å². The van der Waals surface area contributed by atoms with Gasteiger partial charge in [0.2, 0.25) is 23.6 Å². The van der Waals surface area contributed by atoms with Crippen molar-refractivity contribution in [1.82, 2.24) is 31.6 Å². The highest BCUT2D eigenvalue weighted by Crippen LogP contribution is 2.19. The molecule has 0 bridgehead atoms. The molecule has 0 saturated heterocycles. The fraction of sp³-hybridized carbons (Fsp3) is 0.333. The number of carboxylic acid groups (broad SMARTS) is 1. The lowest BCUT2D eigenvalue weighted by Gasteiger charge is -2.23. The zero-order chi connectivity index (χ0) is 32.9. The van der Waals surface area contributed by atoms with Crippen molar-refractivity contribution in [3.8, 4) is 0 Å². The van der Waals surface area contributed by atoms with E-state index >= 15 is 0 Å². The summed E-state index contributed by atoms with van der Waals surface area (Å²) in [7, 11) is 0. The lowest BCUT2D eigenvalue weighted by molar-refractivity contribution is -0.141. The van der Waals surface area contributed by atoms with Gasteiger partial charge in [-0.15, -0.1) is 0 Å². The number of ether oxygens (including phenoxy) is 1. The van der Waals surface area contributed by atoms with Crippen LogP contribution >= 0.6 is 0 Å². The number of aliphatic hydroxyl groups excluding tert-OH is 1. The Morgan fingerprint density at radius 1 is 0.800 bits per heavy atom. The summed E-state index contributed by atoms with van der Waals surface area (Å²) in [5.74, 6) is -4.51.